The van der Waals surface area contributed by atoms with Gasteiger partial charge in [-0.05, 0) is 31.7 Å². The Labute approximate surface area is 163 Å². The topological polar surface area (TPSA) is 83.9 Å². The minimum Gasteiger partial charge on any atom is -0.338 e. The molecule has 1 atom stereocenters. The van der Waals surface area contributed by atoms with E-state index in [1.165, 1.54) is 6.07 Å². The van der Waals surface area contributed by atoms with Crippen molar-refractivity contribution in [2.45, 2.75) is 26.3 Å². The van der Waals surface area contributed by atoms with Crippen molar-refractivity contribution in [2.75, 3.05) is 13.1 Å². The van der Waals surface area contributed by atoms with E-state index in [2.05, 4.69) is 15.3 Å². The second-order valence-electron chi connectivity index (χ2n) is 7.37. The van der Waals surface area contributed by atoms with Crippen molar-refractivity contribution in [2.24, 2.45) is 5.92 Å². The molecule has 1 amide bonds. The van der Waals surface area contributed by atoms with E-state index in [0.717, 1.165) is 30.6 Å². The number of nitrogens with one attached hydrogen (secondary N) is 1. The zero-order valence-corrected chi connectivity index (χ0v) is 15.8. The van der Waals surface area contributed by atoms with Crippen molar-refractivity contribution >= 4 is 5.91 Å². The first-order chi connectivity index (χ1) is 13.6. The molecule has 0 bridgehead atoms. The van der Waals surface area contributed by atoms with E-state index >= 15 is 0 Å². The average molecular weight is 377 g/mol. The van der Waals surface area contributed by atoms with Gasteiger partial charge in [0.05, 0.1) is 6.20 Å². The lowest BCUT2D eigenvalue weighted by Crippen LogP contribution is -2.41. The van der Waals surface area contributed by atoms with Gasteiger partial charge in [-0.25, -0.2) is 0 Å². The van der Waals surface area contributed by atoms with E-state index in [-0.39, 0.29) is 11.5 Å². The van der Waals surface area contributed by atoms with Crippen LogP contribution in [0.15, 0.2) is 53.5 Å². The second kappa shape index (κ2) is 7.80. The van der Waals surface area contributed by atoms with Crippen molar-refractivity contribution in [3.8, 4) is 11.3 Å². The molecule has 1 fully saturated rings. The lowest BCUT2D eigenvalue weighted by molar-refractivity contribution is 0.0659. The molecular formula is C21H23N5O2. The number of nitrogens with zero attached hydrogens (tertiary/aromatic N) is 4. The third kappa shape index (κ3) is 4.03. The fraction of sp³-hybridized carbons (Fsp3) is 0.333. The summed E-state index contributed by atoms with van der Waals surface area (Å²) in [7, 11) is 0. The molecule has 1 aromatic carbocycles. The maximum Gasteiger partial charge on any atom is 0.254 e. The molecule has 7 nitrogen and oxygen atoms in total. The number of hydrogen-bond donors (Lipinski definition) is 1. The highest BCUT2D eigenvalue weighted by Gasteiger charge is 2.25. The Balaban J connectivity index is 1.43. The van der Waals surface area contributed by atoms with Crippen LogP contribution in [-0.4, -0.2) is 43.9 Å². The van der Waals surface area contributed by atoms with E-state index in [9.17, 15) is 9.59 Å². The number of rotatable bonds is 4. The van der Waals surface area contributed by atoms with Crippen LogP contribution in [0.3, 0.4) is 0 Å². The molecule has 4 rings (SSSR count). The van der Waals surface area contributed by atoms with Gasteiger partial charge in [-0.1, -0.05) is 35.5 Å². The average Bonchev–Trinajstić information content (AvgIpc) is 3.16. The SMILES string of the molecule is Cc1cc(C(=O)N2CCC[C@@H](Cn3cc(-c4ccccc4)nn3)C2)cc(=O)[nH]1. The largest absolute Gasteiger partial charge is 0.338 e. The van der Waals surface area contributed by atoms with E-state index in [1.54, 1.807) is 13.0 Å². The van der Waals surface area contributed by atoms with E-state index in [1.807, 2.05) is 46.1 Å². The summed E-state index contributed by atoms with van der Waals surface area (Å²) in [4.78, 5) is 29.0. The van der Waals surface area contributed by atoms with Crippen molar-refractivity contribution in [1.82, 2.24) is 24.9 Å². The Morgan fingerprint density at radius 3 is 2.86 bits per heavy atom. The molecule has 2 aromatic heterocycles. The summed E-state index contributed by atoms with van der Waals surface area (Å²) in [5.41, 5.74) is 2.80. The van der Waals surface area contributed by atoms with Gasteiger partial charge >= 0.3 is 0 Å². The molecular weight excluding hydrogens is 354 g/mol. The van der Waals surface area contributed by atoms with Crippen LogP contribution in [0.2, 0.25) is 0 Å². The molecule has 3 heterocycles. The van der Waals surface area contributed by atoms with Gasteiger partial charge in [0, 0.05) is 42.5 Å². The third-order valence-corrected chi connectivity index (χ3v) is 5.09. The van der Waals surface area contributed by atoms with Gasteiger partial charge in [-0.2, -0.15) is 0 Å². The van der Waals surface area contributed by atoms with Crippen LogP contribution < -0.4 is 5.56 Å². The molecule has 0 radical (unpaired) electrons. The van der Waals surface area contributed by atoms with Crippen LogP contribution in [-0.2, 0) is 6.54 Å². The first-order valence-electron chi connectivity index (χ1n) is 9.54. The Hall–Kier alpha value is -3.22. The number of amides is 1. The van der Waals surface area contributed by atoms with E-state index < -0.39 is 0 Å². The highest BCUT2D eigenvalue weighted by Crippen LogP contribution is 2.21. The summed E-state index contributed by atoms with van der Waals surface area (Å²) < 4.78 is 1.86. The predicted molar refractivity (Wildman–Crippen MR) is 106 cm³/mol. The molecule has 7 heteroatoms. The lowest BCUT2D eigenvalue weighted by Gasteiger charge is -2.32. The second-order valence-corrected chi connectivity index (χ2v) is 7.37. The molecule has 144 valence electrons. The van der Waals surface area contributed by atoms with Gasteiger partial charge in [0.25, 0.3) is 5.91 Å². The summed E-state index contributed by atoms with van der Waals surface area (Å²) >= 11 is 0. The highest BCUT2D eigenvalue weighted by atomic mass is 16.2. The van der Waals surface area contributed by atoms with Crippen molar-refractivity contribution in [1.29, 1.82) is 0 Å². The smallest absolute Gasteiger partial charge is 0.254 e. The van der Waals surface area contributed by atoms with Crippen LogP contribution in [0.25, 0.3) is 11.3 Å². The number of aryl methyl sites for hydroxylation is 1. The predicted octanol–water partition coefficient (Wildman–Crippen LogP) is 2.49. The molecule has 0 unspecified atom stereocenters. The molecule has 3 aromatic rings. The molecule has 1 aliphatic heterocycles. The first kappa shape index (κ1) is 18.2. The summed E-state index contributed by atoms with van der Waals surface area (Å²) in [6.07, 6.45) is 3.94. The van der Waals surface area contributed by atoms with Crippen molar-refractivity contribution in [3.63, 3.8) is 0 Å². The van der Waals surface area contributed by atoms with Crippen LogP contribution in [0, 0.1) is 12.8 Å². The number of benzene rings is 1. The quantitative estimate of drug-likeness (QED) is 0.757. The first-order valence-corrected chi connectivity index (χ1v) is 9.54. The molecule has 1 aliphatic rings. The van der Waals surface area contributed by atoms with Crippen LogP contribution in [0.5, 0.6) is 0 Å². The zero-order chi connectivity index (χ0) is 19.5. The number of hydrogen-bond acceptors (Lipinski definition) is 4. The molecule has 0 saturated carbocycles. The van der Waals surface area contributed by atoms with Gasteiger partial charge < -0.3 is 9.88 Å². The summed E-state index contributed by atoms with van der Waals surface area (Å²) in [5, 5.41) is 8.52. The number of likely N-dealkylation sites (tertiary alicyclic amines) is 1. The monoisotopic (exact) mass is 377 g/mol. The standard InChI is InChI=1S/C21H23N5O2/c1-15-10-18(11-20(27)22-15)21(28)25-9-5-6-16(12-25)13-26-14-19(23-24-26)17-7-3-2-4-8-17/h2-4,7-8,10-11,14,16H,5-6,9,12-13H2,1H3,(H,22,27)/t16-/m1/s1. The fourth-order valence-corrected chi connectivity index (χ4v) is 3.78. The van der Waals surface area contributed by atoms with Gasteiger partial charge in [0.2, 0.25) is 5.56 Å². The van der Waals surface area contributed by atoms with Crippen molar-refractivity contribution in [3.05, 3.63) is 70.3 Å². The normalized spacial score (nSPS) is 16.9. The van der Waals surface area contributed by atoms with Gasteiger partial charge in [0.1, 0.15) is 5.69 Å². The summed E-state index contributed by atoms with van der Waals surface area (Å²) in [6, 6.07) is 13.1. The van der Waals surface area contributed by atoms with Crippen LogP contribution in [0.1, 0.15) is 28.9 Å². The van der Waals surface area contributed by atoms with Gasteiger partial charge in [0.15, 0.2) is 0 Å². The maximum atomic E-state index is 12.8. The fourth-order valence-electron chi connectivity index (χ4n) is 3.78. The van der Waals surface area contributed by atoms with E-state index in [4.69, 9.17) is 0 Å². The molecule has 1 N–H and O–H groups in total. The molecule has 28 heavy (non-hydrogen) atoms. The Morgan fingerprint density at radius 2 is 2.07 bits per heavy atom. The minimum absolute atomic E-state index is 0.0811. The number of carbonyl (C=O) groups is 1. The molecule has 0 aliphatic carbocycles. The van der Waals surface area contributed by atoms with Gasteiger partial charge in [-0.3, -0.25) is 14.3 Å². The number of H-pyrrole nitrogens is 1. The highest BCUT2D eigenvalue weighted by molar-refractivity contribution is 5.94. The maximum absolute atomic E-state index is 12.8. The Bertz CT molecular complexity index is 1020. The number of carbonyl (C=O) groups excluding carboxylic acids is 1. The number of pyridine rings is 1. The van der Waals surface area contributed by atoms with Crippen LogP contribution >= 0.6 is 0 Å². The third-order valence-electron chi connectivity index (χ3n) is 5.09. The van der Waals surface area contributed by atoms with Crippen LogP contribution in [0.4, 0.5) is 0 Å². The van der Waals surface area contributed by atoms with Gasteiger partial charge in [-0.15, -0.1) is 5.10 Å². The Morgan fingerprint density at radius 1 is 1.25 bits per heavy atom. The summed E-state index contributed by atoms with van der Waals surface area (Å²) in [5.74, 6) is 0.230. The number of piperidine rings is 1. The minimum atomic E-state index is -0.243. The number of aromatic amines is 1. The zero-order valence-electron chi connectivity index (χ0n) is 15.8. The summed E-state index contributed by atoms with van der Waals surface area (Å²) in [6.45, 7) is 3.88. The van der Waals surface area contributed by atoms with E-state index in [0.29, 0.717) is 30.3 Å². The lowest BCUT2D eigenvalue weighted by atomic mass is 9.97. The number of aromatic nitrogens is 4. The van der Waals surface area contributed by atoms with Crippen molar-refractivity contribution < 1.29 is 4.79 Å². The Kier molecular flexibility index (Phi) is 5.06. The molecule has 1 saturated heterocycles. The molecule has 0 spiro atoms.